The Kier molecular flexibility index (Phi) is 3.57. The van der Waals surface area contributed by atoms with E-state index in [0.717, 1.165) is 23.5 Å². The van der Waals surface area contributed by atoms with Gasteiger partial charge in [0.05, 0.1) is 11.0 Å². The molecule has 0 aromatic carbocycles. The summed E-state index contributed by atoms with van der Waals surface area (Å²) in [5.74, 6) is 0.691. The number of carbonyl (C=O) groups is 1. The van der Waals surface area contributed by atoms with Gasteiger partial charge in [-0.25, -0.2) is 4.98 Å². The summed E-state index contributed by atoms with van der Waals surface area (Å²) >= 11 is 1.50. The third kappa shape index (κ3) is 2.72. The standard InChI is InChI=1S/C12H16N2O2S/c1-14(2)12(15)10-11(17-3)9(6-7-13-10)16-8-4-5-8/h6-8H,4-5H2,1-3H3. The quantitative estimate of drug-likeness (QED) is 0.769. The summed E-state index contributed by atoms with van der Waals surface area (Å²) in [6, 6.07) is 1.83. The molecule has 1 aromatic rings. The maximum absolute atomic E-state index is 12.0. The molecule has 17 heavy (non-hydrogen) atoms. The number of thioether (sulfide) groups is 1. The zero-order chi connectivity index (χ0) is 12.4. The molecule has 0 bridgehead atoms. The first-order valence-corrected chi connectivity index (χ1v) is 6.77. The van der Waals surface area contributed by atoms with Gasteiger partial charge in [-0.3, -0.25) is 4.79 Å². The number of hydrogen-bond acceptors (Lipinski definition) is 4. The molecule has 92 valence electrons. The van der Waals surface area contributed by atoms with E-state index in [9.17, 15) is 4.79 Å². The zero-order valence-corrected chi connectivity index (χ0v) is 11.1. The Bertz CT molecular complexity index is 431. The van der Waals surface area contributed by atoms with Gasteiger partial charge in [-0.15, -0.1) is 11.8 Å². The van der Waals surface area contributed by atoms with Crippen LogP contribution in [0.15, 0.2) is 17.2 Å². The maximum Gasteiger partial charge on any atom is 0.273 e. The summed E-state index contributed by atoms with van der Waals surface area (Å²) in [7, 11) is 3.45. The van der Waals surface area contributed by atoms with Gasteiger partial charge >= 0.3 is 0 Å². The molecule has 2 rings (SSSR count). The highest BCUT2D eigenvalue weighted by Crippen LogP contribution is 2.35. The second-order valence-electron chi connectivity index (χ2n) is 4.21. The number of pyridine rings is 1. The van der Waals surface area contributed by atoms with Crippen LogP contribution in [0.3, 0.4) is 0 Å². The molecule has 0 radical (unpaired) electrons. The van der Waals surface area contributed by atoms with Crippen molar-refractivity contribution in [1.82, 2.24) is 9.88 Å². The number of rotatable bonds is 4. The van der Waals surface area contributed by atoms with Gasteiger partial charge in [0.25, 0.3) is 5.91 Å². The predicted octanol–water partition coefficient (Wildman–Crippen LogP) is 2.05. The van der Waals surface area contributed by atoms with Crippen molar-refractivity contribution in [3.8, 4) is 5.75 Å². The molecular weight excluding hydrogens is 236 g/mol. The van der Waals surface area contributed by atoms with Crippen molar-refractivity contribution >= 4 is 17.7 Å². The number of amides is 1. The van der Waals surface area contributed by atoms with Crippen molar-refractivity contribution in [1.29, 1.82) is 0 Å². The number of nitrogens with zero attached hydrogens (tertiary/aromatic N) is 2. The second kappa shape index (κ2) is 4.96. The number of ether oxygens (including phenoxy) is 1. The summed E-state index contributed by atoms with van der Waals surface area (Å²) in [5, 5.41) is 0. The lowest BCUT2D eigenvalue weighted by Crippen LogP contribution is -2.23. The largest absolute Gasteiger partial charge is 0.489 e. The topological polar surface area (TPSA) is 42.4 Å². The lowest BCUT2D eigenvalue weighted by atomic mass is 10.3. The van der Waals surface area contributed by atoms with Gasteiger partial charge in [0.2, 0.25) is 0 Å². The molecule has 1 saturated carbocycles. The summed E-state index contributed by atoms with van der Waals surface area (Å²) < 4.78 is 5.79. The summed E-state index contributed by atoms with van der Waals surface area (Å²) in [6.45, 7) is 0. The van der Waals surface area contributed by atoms with Crippen LogP contribution in [0.5, 0.6) is 5.75 Å². The molecule has 1 amide bonds. The third-order valence-electron chi connectivity index (χ3n) is 2.50. The van der Waals surface area contributed by atoms with Crippen molar-refractivity contribution < 1.29 is 9.53 Å². The van der Waals surface area contributed by atoms with E-state index in [1.165, 1.54) is 16.7 Å². The summed E-state index contributed by atoms with van der Waals surface area (Å²) in [6.07, 6.45) is 6.10. The first-order chi connectivity index (χ1) is 8.13. The van der Waals surface area contributed by atoms with E-state index in [1.54, 1.807) is 20.3 Å². The molecule has 1 aliphatic carbocycles. The van der Waals surface area contributed by atoms with E-state index in [2.05, 4.69) is 4.98 Å². The van der Waals surface area contributed by atoms with E-state index < -0.39 is 0 Å². The molecule has 1 fully saturated rings. The minimum Gasteiger partial charge on any atom is -0.489 e. The van der Waals surface area contributed by atoms with Gasteiger partial charge in [0.15, 0.2) is 0 Å². The molecule has 0 N–H and O–H groups in total. The maximum atomic E-state index is 12.0. The molecule has 0 unspecified atom stereocenters. The number of carbonyl (C=O) groups excluding carboxylic acids is 1. The van der Waals surface area contributed by atoms with Gasteiger partial charge in [-0.2, -0.15) is 0 Å². The van der Waals surface area contributed by atoms with E-state index in [1.807, 2.05) is 12.3 Å². The van der Waals surface area contributed by atoms with Gasteiger partial charge in [-0.1, -0.05) is 0 Å². The van der Waals surface area contributed by atoms with Crippen LogP contribution in [0.25, 0.3) is 0 Å². The Balaban J connectivity index is 2.33. The van der Waals surface area contributed by atoms with Crippen LogP contribution in [0.1, 0.15) is 23.3 Å². The van der Waals surface area contributed by atoms with Crippen LogP contribution in [0.4, 0.5) is 0 Å². The molecule has 0 atom stereocenters. The first-order valence-electron chi connectivity index (χ1n) is 5.54. The van der Waals surface area contributed by atoms with Crippen LogP contribution < -0.4 is 4.74 Å². The van der Waals surface area contributed by atoms with Gasteiger partial charge in [0, 0.05) is 20.3 Å². The van der Waals surface area contributed by atoms with Crippen LogP contribution in [-0.2, 0) is 0 Å². The third-order valence-corrected chi connectivity index (χ3v) is 3.30. The van der Waals surface area contributed by atoms with Crippen LogP contribution in [0.2, 0.25) is 0 Å². The van der Waals surface area contributed by atoms with Crippen LogP contribution in [0, 0.1) is 0 Å². The lowest BCUT2D eigenvalue weighted by Gasteiger charge is -2.15. The summed E-state index contributed by atoms with van der Waals surface area (Å²) in [4.78, 5) is 18.5. The highest BCUT2D eigenvalue weighted by molar-refractivity contribution is 7.98. The highest BCUT2D eigenvalue weighted by Gasteiger charge is 2.26. The predicted molar refractivity (Wildman–Crippen MR) is 67.7 cm³/mol. The van der Waals surface area contributed by atoms with Gasteiger partial charge in [-0.05, 0) is 25.2 Å². The van der Waals surface area contributed by atoms with Crippen molar-refractivity contribution in [2.75, 3.05) is 20.4 Å². The van der Waals surface area contributed by atoms with E-state index in [4.69, 9.17) is 4.74 Å². The Morgan fingerprint density at radius 2 is 2.24 bits per heavy atom. The van der Waals surface area contributed by atoms with Crippen LogP contribution in [-0.4, -0.2) is 42.2 Å². The Hall–Kier alpha value is -1.23. The van der Waals surface area contributed by atoms with Gasteiger partial charge in [0.1, 0.15) is 11.4 Å². The average molecular weight is 252 g/mol. The monoisotopic (exact) mass is 252 g/mol. The minimum atomic E-state index is -0.0874. The first kappa shape index (κ1) is 12.2. The van der Waals surface area contributed by atoms with Crippen LogP contribution >= 0.6 is 11.8 Å². The normalized spacial score (nSPS) is 14.5. The highest BCUT2D eigenvalue weighted by atomic mass is 32.2. The minimum absolute atomic E-state index is 0.0874. The second-order valence-corrected chi connectivity index (χ2v) is 5.02. The molecule has 4 nitrogen and oxygen atoms in total. The van der Waals surface area contributed by atoms with Gasteiger partial charge < -0.3 is 9.64 Å². The lowest BCUT2D eigenvalue weighted by molar-refractivity contribution is 0.0817. The van der Waals surface area contributed by atoms with Crippen molar-refractivity contribution in [2.45, 2.75) is 23.8 Å². The number of hydrogen-bond donors (Lipinski definition) is 0. The summed E-state index contributed by atoms with van der Waals surface area (Å²) in [5.41, 5.74) is 0.473. The molecular formula is C12H16N2O2S. The molecule has 1 aliphatic rings. The smallest absolute Gasteiger partial charge is 0.273 e. The van der Waals surface area contributed by atoms with Crippen molar-refractivity contribution in [3.05, 3.63) is 18.0 Å². The molecule has 0 aliphatic heterocycles. The Labute approximate surface area is 105 Å². The SMILES string of the molecule is CSc1c(OC2CC2)ccnc1C(=O)N(C)C. The molecule has 5 heteroatoms. The van der Waals surface area contributed by atoms with E-state index in [0.29, 0.717) is 11.8 Å². The fraction of sp³-hybridized carbons (Fsp3) is 0.500. The zero-order valence-electron chi connectivity index (χ0n) is 10.3. The van der Waals surface area contributed by atoms with Crippen molar-refractivity contribution in [2.24, 2.45) is 0 Å². The molecule has 0 spiro atoms. The molecule has 1 heterocycles. The fourth-order valence-electron chi connectivity index (χ4n) is 1.45. The van der Waals surface area contributed by atoms with E-state index in [-0.39, 0.29) is 5.91 Å². The molecule has 0 saturated heterocycles. The number of aromatic nitrogens is 1. The fourth-order valence-corrected chi connectivity index (χ4v) is 2.10. The Morgan fingerprint density at radius 3 is 2.76 bits per heavy atom. The van der Waals surface area contributed by atoms with E-state index >= 15 is 0 Å². The average Bonchev–Trinajstić information content (AvgIpc) is 3.11. The molecule has 1 aromatic heterocycles. The Morgan fingerprint density at radius 1 is 1.53 bits per heavy atom. The van der Waals surface area contributed by atoms with Crippen molar-refractivity contribution in [3.63, 3.8) is 0 Å².